The Bertz CT molecular complexity index is 756. The number of aromatic nitrogens is 1. The van der Waals surface area contributed by atoms with E-state index in [-0.39, 0.29) is 18.3 Å². The van der Waals surface area contributed by atoms with E-state index in [4.69, 9.17) is 9.26 Å². The molecule has 1 atom stereocenters. The number of benzene rings is 1. The normalized spacial score (nSPS) is 12.2. The molecule has 0 bridgehead atoms. The molecule has 0 fully saturated rings. The molecule has 0 radical (unpaired) electrons. The zero-order valence-electron chi connectivity index (χ0n) is 14.2. The Morgan fingerprint density at radius 2 is 1.92 bits per heavy atom. The van der Waals surface area contributed by atoms with Gasteiger partial charge < -0.3 is 9.26 Å². The number of carbonyl (C=O) groups excluding carboxylic acids is 1. The number of hydrogen-bond acceptors (Lipinski definition) is 6. The van der Waals surface area contributed by atoms with Crippen molar-refractivity contribution in [3.05, 3.63) is 53.9 Å². The maximum Gasteiger partial charge on any atom is 0.377 e. The van der Waals surface area contributed by atoms with Crippen LogP contribution < -0.4 is 0 Å². The number of ether oxygens (including phenoxy) is 1. The van der Waals surface area contributed by atoms with Crippen molar-refractivity contribution < 1.29 is 14.1 Å². The van der Waals surface area contributed by atoms with E-state index >= 15 is 0 Å². The summed E-state index contributed by atoms with van der Waals surface area (Å²) in [6.07, 6.45) is 1.86. The van der Waals surface area contributed by atoms with Gasteiger partial charge in [-0.05, 0) is 17.4 Å². The smallest absolute Gasteiger partial charge is 0.377 e. The minimum absolute atomic E-state index is 0.0457. The largest absolute Gasteiger partial charge is 0.460 e. The molecule has 0 aliphatic rings. The lowest BCUT2D eigenvalue weighted by Crippen LogP contribution is -2.29. The SMILES string of the molecule is CC(C)(CCOC(=O)c1ccno1)C(c1ccccc1)C(C#N)C#N. The van der Waals surface area contributed by atoms with Gasteiger partial charge in [0.2, 0.25) is 5.76 Å². The summed E-state index contributed by atoms with van der Waals surface area (Å²) in [5, 5.41) is 22.2. The zero-order valence-corrected chi connectivity index (χ0v) is 14.2. The molecule has 6 heteroatoms. The first kappa shape index (κ1) is 18.2. The topological polar surface area (TPSA) is 99.9 Å². The highest BCUT2D eigenvalue weighted by Crippen LogP contribution is 2.43. The summed E-state index contributed by atoms with van der Waals surface area (Å²) >= 11 is 0. The van der Waals surface area contributed by atoms with Crippen LogP contribution in [0, 0.1) is 34.0 Å². The first-order valence-corrected chi connectivity index (χ1v) is 7.91. The molecule has 0 aliphatic carbocycles. The van der Waals surface area contributed by atoms with E-state index in [0.717, 1.165) is 5.56 Å². The van der Waals surface area contributed by atoms with Gasteiger partial charge in [-0.25, -0.2) is 4.79 Å². The van der Waals surface area contributed by atoms with Gasteiger partial charge in [-0.15, -0.1) is 0 Å². The fraction of sp³-hybridized carbons (Fsp3) is 0.368. The first-order valence-electron chi connectivity index (χ1n) is 7.91. The van der Waals surface area contributed by atoms with Crippen molar-refractivity contribution >= 4 is 5.97 Å². The van der Waals surface area contributed by atoms with Crippen LogP contribution in [-0.2, 0) is 4.74 Å². The Balaban J connectivity index is 2.11. The highest BCUT2D eigenvalue weighted by atomic mass is 16.6. The van der Waals surface area contributed by atoms with Crippen molar-refractivity contribution in [2.45, 2.75) is 26.2 Å². The van der Waals surface area contributed by atoms with Crippen molar-refractivity contribution in [2.75, 3.05) is 6.61 Å². The van der Waals surface area contributed by atoms with Gasteiger partial charge in [-0.1, -0.05) is 49.3 Å². The van der Waals surface area contributed by atoms with Gasteiger partial charge in [0.25, 0.3) is 0 Å². The molecule has 0 spiro atoms. The number of nitrogens with zero attached hydrogens (tertiary/aromatic N) is 3. The third kappa shape index (κ3) is 4.45. The van der Waals surface area contributed by atoms with E-state index in [1.165, 1.54) is 12.3 Å². The predicted octanol–water partition coefficient (Wildman–Crippen LogP) is 3.69. The summed E-state index contributed by atoms with van der Waals surface area (Å²) in [5.74, 6) is -1.62. The van der Waals surface area contributed by atoms with E-state index in [2.05, 4.69) is 17.3 Å². The Morgan fingerprint density at radius 3 is 2.48 bits per heavy atom. The lowest BCUT2D eigenvalue weighted by atomic mass is 9.67. The van der Waals surface area contributed by atoms with Gasteiger partial charge in [-0.2, -0.15) is 10.5 Å². The molecule has 0 N–H and O–H groups in total. The van der Waals surface area contributed by atoms with Crippen LogP contribution in [0.4, 0.5) is 0 Å². The van der Waals surface area contributed by atoms with Gasteiger partial charge in [-0.3, -0.25) is 0 Å². The molecule has 6 nitrogen and oxygen atoms in total. The number of esters is 1. The second-order valence-corrected chi connectivity index (χ2v) is 6.38. The minimum Gasteiger partial charge on any atom is -0.460 e. The lowest BCUT2D eigenvalue weighted by Gasteiger charge is -2.35. The van der Waals surface area contributed by atoms with Crippen molar-refractivity contribution in [2.24, 2.45) is 11.3 Å². The second-order valence-electron chi connectivity index (χ2n) is 6.38. The molecule has 1 aromatic heterocycles. The van der Waals surface area contributed by atoms with Crippen molar-refractivity contribution in [3.63, 3.8) is 0 Å². The van der Waals surface area contributed by atoms with E-state index in [1.807, 2.05) is 44.2 Å². The quantitative estimate of drug-likeness (QED) is 0.714. The molecule has 0 saturated heterocycles. The zero-order chi connectivity index (χ0) is 18.3. The fourth-order valence-electron chi connectivity index (χ4n) is 2.89. The maximum absolute atomic E-state index is 11.8. The van der Waals surface area contributed by atoms with Gasteiger partial charge in [0.05, 0.1) is 24.9 Å². The molecule has 25 heavy (non-hydrogen) atoms. The Morgan fingerprint density at radius 1 is 1.24 bits per heavy atom. The summed E-state index contributed by atoms with van der Waals surface area (Å²) in [6.45, 7) is 4.09. The van der Waals surface area contributed by atoms with Crippen molar-refractivity contribution in [1.82, 2.24) is 5.16 Å². The van der Waals surface area contributed by atoms with Crippen molar-refractivity contribution in [3.8, 4) is 12.1 Å². The molecule has 1 aromatic carbocycles. The van der Waals surface area contributed by atoms with E-state index < -0.39 is 17.3 Å². The Labute approximate surface area is 146 Å². The summed E-state index contributed by atoms with van der Waals surface area (Å²) < 4.78 is 9.97. The molecule has 0 aliphatic heterocycles. The fourth-order valence-corrected chi connectivity index (χ4v) is 2.89. The average Bonchev–Trinajstić information content (AvgIpc) is 3.14. The summed E-state index contributed by atoms with van der Waals surface area (Å²) in [5.41, 5.74) is 0.487. The minimum atomic E-state index is -0.789. The molecular formula is C19H19N3O3. The van der Waals surface area contributed by atoms with Crippen LogP contribution >= 0.6 is 0 Å². The van der Waals surface area contributed by atoms with E-state index in [0.29, 0.717) is 6.42 Å². The van der Waals surface area contributed by atoms with E-state index in [9.17, 15) is 15.3 Å². The molecule has 1 heterocycles. The third-order valence-electron chi connectivity index (χ3n) is 4.23. The van der Waals surface area contributed by atoms with Crippen LogP contribution in [0.2, 0.25) is 0 Å². The molecule has 128 valence electrons. The van der Waals surface area contributed by atoms with Crippen LogP contribution in [0.5, 0.6) is 0 Å². The van der Waals surface area contributed by atoms with Gasteiger partial charge in [0, 0.05) is 12.0 Å². The first-order chi connectivity index (χ1) is 12.0. The van der Waals surface area contributed by atoms with Gasteiger partial charge in [0.15, 0.2) is 0 Å². The molecule has 1 unspecified atom stereocenters. The second kappa shape index (κ2) is 8.12. The standard InChI is InChI=1S/C19H19N3O3/c1-19(2,9-11-24-18(23)16-8-10-22-25-16)17(15(12-20)13-21)14-6-4-3-5-7-14/h3-8,10,15,17H,9,11H2,1-2H3. The monoisotopic (exact) mass is 337 g/mol. The molecule has 0 amide bonds. The molecular weight excluding hydrogens is 318 g/mol. The number of hydrogen-bond donors (Lipinski definition) is 0. The highest BCUT2D eigenvalue weighted by Gasteiger charge is 2.37. The summed E-state index contributed by atoms with van der Waals surface area (Å²) in [6, 6.07) is 15.1. The predicted molar refractivity (Wildman–Crippen MR) is 89.1 cm³/mol. The highest BCUT2D eigenvalue weighted by molar-refractivity contribution is 5.85. The maximum atomic E-state index is 11.8. The lowest BCUT2D eigenvalue weighted by molar-refractivity contribution is 0.0394. The van der Waals surface area contributed by atoms with Crippen LogP contribution in [0.1, 0.15) is 42.3 Å². The summed E-state index contributed by atoms with van der Waals surface area (Å²) in [7, 11) is 0. The summed E-state index contributed by atoms with van der Waals surface area (Å²) in [4.78, 5) is 11.8. The van der Waals surface area contributed by atoms with Gasteiger partial charge >= 0.3 is 5.97 Å². The van der Waals surface area contributed by atoms with Crippen LogP contribution in [-0.4, -0.2) is 17.7 Å². The third-order valence-corrected chi connectivity index (χ3v) is 4.23. The van der Waals surface area contributed by atoms with Crippen LogP contribution in [0.15, 0.2) is 47.1 Å². The Kier molecular flexibility index (Phi) is 5.92. The van der Waals surface area contributed by atoms with Crippen LogP contribution in [0.25, 0.3) is 0 Å². The molecule has 2 rings (SSSR count). The Hall–Kier alpha value is -3.12. The van der Waals surface area contributed by atoms with Gasteiger partial charge in [0.1, 0.15) is 5.92 Å². The van der Waals surface area contributed by atoms with Crippen molar-refractivity contribution in [1.29, 1.82) is 10.5 Å². The molecule has 0 saturated carbocycles. The van der Waals surface area contributed by atoms with Crippen LogP contribution in [0.3, 0.4) is 0 Å². The molecule has 2 aromatic rings. The number of carbonyl (C=O) groups is 1. The average molecular weight is 337 g/mol. The number of nitriles is 2. The number of rotatable bonds is 7. The van der Waals surface area contributed by atoms with E-state index in [1.54, 1.807) is 0 Å².